The number of nitrogens with zero attached hydrogens (tertiary/aromatic N) is 2. The van der Waals surface area contributed by atoms with Gasteiger partial charge in [-0.1, -0.05) is 31.5 Å². The molecule has 0 aromatic heterocycles. The Morgan fingerprint density at radius 3 is 2.58 bits per heavy atom. The van der Waals surface area contributed by atoms with E-state index < -0.39 is 5.54 Å². The standard InChI is InChI=1S/C15H21N3O/c1-3-10-15(2,17)14(19)18(12-7-11-16)13-8-5-4-6-9-13/h4-6,8-9H,3,7,10,12,17H2,1-2H3. The Labute approximate surface area is 114 Å². The van der Waals surface area contributed by atoms with Crippen molar-refractivity contribution in [3.63, 3.8) is 0 Å². The fraction of sp³-hybridized carbons (Fsp3) is 0.467. The molecule has 0 aliphatic rings. The zero-order chi connectivity index (χ0) is 14.3. The predicted octanol–water partition coefficient (Wildman–Crippen LogP) is 2.45. The molecule has 19 heavy (non-hydrogen) atoms. The highest BCUT2D eigenvalue weighted by molar-refractivity contribution is 5.99. The normalized spacial score (nSPS) is 13.4. The molecule has 102 valence electrons. The van der Waals surface area contributed by atoms with Crippen molar-refractivity contribution in [2.45, 2.75) is 38.6 Å². The van der Waals surface area contributed by atoms with Crippen LogP contribution in [0.4, 0.5) is 5.69 Å². The lowest BCUT2D eigenvalue weighted by Gasteiger charge is -2.31. The number of carbonyl (C=O) groups excluding carboxylic acids is 1. The Bertz CT molecular complexity index is 448. The van der Waals surface area contributed by atoms with Gasteiger partial charge in [0, 0.05) is 12.2 Å². The van der Waals surface area contributed by atoms with Crippen LogP contribution in [0.5, 0.6) is 0 Å². The number of hydrogen-bond donors (Lipinski definition) is 1. The molecule has 0 aliphatic heterocycles. The van der Waals surface area contributed by atoms with Crippen molar-refractivity contribution in [3.8, 4) is 6.07 Å². The highest BCUT2D eigenvalue weighted by atomic mass is 16.2. The Balaban J connectivity index is 2.98. The molecule has 4 nitrogen and oxygen atoms in total. The minimum absolute atomic E-state index is 0.129. The number of benzene rings is 1. The summed E-state index contributed by atoms with van der Waals surface area (Å²) in [5.41, 5.74) is 6.01. The molecule has 2 N–H and O–H groups in total. The highest BCUT2D eigenvalue weighted by Gasteiger charge is 2.32. The number of amides is 1. The molecule has 0 aliphatic carbocycles. The SMILES string of the molecule is CCCC(C)(N)C(=O)N(CCC#N)c1ccccc1. The van der Waals surface area contributed by atoms with Gasteiger partial charge in [0.1, 0.15) is 0 Å². The molecule has 1 amide bonds. The first kappa shape index (κ1) is 15.2. The lowest BCUT2D eigenvalue weighted by Crippen LogP contribution is -2.53. The predicted molar refractivity (Wildman–Crippen MR) is 76.5 cm³/mol. The van der Waals surface area contributed by atoms with Gasteiger partial charge in [0.05, 0.1) is 18.0 Å². The summed E-state index contributed by atoms with van der Waals surface area (Å²) in [6.07, 6.45) is 1.77. The van der Waals surface area contributed by atoms with Gasteiger partial charge in [0.2, 0.25) is 5.91 Å². The van der Waals surface area contributed by atoms with Gasteiger partial charge in [-0.15, -0.1) is 0 Å². The highest BCUT2D eigenvalue weighted by Crippen LogP contribution is 2.20. The largest absolute Gasteiger partial charge is 0.318 e. The Hall–Kier alpha value is -1.86. The van der Waals surface area contributed by atoms with Gasteiger partial charge in [-0.05, 0) is 25.5 Å². The molecule has 1 unspecified atom stereocenters. The first-order valence-electron chi connectivity index (χ1n) is 6.55. The molecule has 1 aromatic carbocycles. The van der Waals surface area contributed by atoms with Gasteiger partial charge < -0.3 is 10.6 Å². The molecule has 1 atom stereocenters. The number of carbonyl (C=O) groups is 1. The maximum Gasteiger partial charge on any atom is 0.246 e. The number of anilines is 1. The van der Waals surface area contributed by atoms with Gasteiger partial charge in [-0.3, -0.25) is 4.79 Å². The van der Waals surface area contributed by atoms with Crippen LogP contribution in [-0.2, 0) is 4.79 Å². The number of hydrogen-bond acceptors (Lipinski definition) is 3. The van der Waals surface area contributed by atoms with Crippen LogP contribution in [0.25, 0.3) is 0 Å². The number of nitriles is 1. The molecule has 0 spiro atoms. The molecular formula is C15H21N3O. The van der Waals surface area contributed by atoms with E-state index in [0.29, 0.717) is 19.4 Å². The molecule has 1 aromatic rings. The van der Waals surface area contributed by atoms with E-state index in [2.05, 4.69) is 6.07 Å². The molecule has 0 bridgehead atoms. The van der Waals surface area contributed by atoms with Crippen LogP contribution in [0.3, 0.4) is 0 Å². The quantitative estimate of drug-likeness (QED) is 0.853. The summed E-state index contributed by atoms with van der Waals surface area (Å²) in [5, 5.41) is 8.73. The summed E-state index contributed by atoms with van der Waals surface area (Å²) >= 11 is 0. The summed E-state index contributed by atoms with van der Waals surface area (Å²) in [6.45, 7) is 4.12. The van der Waals surface area contributed by atoms with Crippen molar-refractivity contribution in [3.05, 3.63) is 30.3 Å². The number of nitrogens with two attached hydrogens (primary N) is 1. The van der Waals surface area contributed by atoms with Crippen molar-refractivity contribution >= 4 is 11.6 Å². The van der Waals surface area contributed by atoms with Gasteiger partial charge in [-0.2, -0.15) is 5.26 Å². The monoisotopic (exact) mass is 259 g/mol. The van der Waals surface area contributed by atoms with Crippen LogP contribution in [0.2, 0.25) is 0 Å². The van der Waals surface area contributed by atoms with E-state index in [1.54, 1.807) is 11.8 Å². The zero-order valence-electron chi connectivity index (χ0n) is 11.6. The van der Waals surface area contributed by atoms with Crippen LogP contribution in [0.1, 0.15) is 33.1 Å². The third kappa shape index (κ3) is 4.08. The summed E-state index contributed by atoms with van der Waals surface area (Å²) < 4.78 is 0. The maximum atomic E-state index is 12.6. The molecule has 0 saturated heterocycles. The smallest absolute Gasteiger partial charge is 0.246 e. The molecule has 0 radical (unpaired) electrons. The molecule has 4 heteroatoms. The first-order chi connectivity index (χ1) is 9.03. The van der Waals surface area contributed by atoms with E-state index in [0.717, 1.165) is 12.1 Å². The Kier molecular flexibility index (Phi) is 5.53. The van der Waals surface area contributed by atoms with Crippen LogP contribution in [0.15, 0.2) is 30.3 Å². The topological polar surface area (TPSA) is 70.1 Å². The summed E-state index contributed by atoms with van der Waals surface area (Å²) in [5.74, 6) is -0.129. The van der Waals surface area contributed by atoms with Crippen molar-refractivity contribution in [1.82, 2.24) is 0 Å². The maximum absolute atomic E-state index is 12.6. The molecular weight excluding hydrogens is 238 g/mol. The van der Waals surface area contributed by atoms with E-state index in [4.69, 9.17) is 11.0 Å². The van der Waals surface area contributed by atoms with Gasteiger partial charge >= 0.3 is 0 Å². The molecule has 1 rings (SSSR count). The van der Waals surface area contributed by atoms with Gasteiger partial charge in [0.15, 0.2) is 0 Å². The first-order valence-corrected chi connectivity index (χ1v) is 6.55. The molecule has 0 fully saturated rings. The molecule has 0 heterocycles. The minimum atomic E-state index is -0.889. The Morgan fingerprint density at radius 1 is 1.42 bits per heavy atom. The van der Waals surface area contributed by atoms with E-state index in [1.165, 1.54) is 0 Å². The van der Waals surface area contributed by atoms with Crippen molar-refractivity contribution < 1.29 is 4.79 Å². The van der Waals surface area contributed by atoms with Crippen LogP contribution >= 0.6 is 0 Å². The zero-order valence-corrected chi connectivity index (χ0v) is 11.6. The number of para-hydroxylation sites is 1. The van der Waals surface area contributed by atoms with E-state index in [-0.39, 0.29) is 5.91 Å². The van der Waals surface area contributed by atoms with Crippen LogP contribution in [0, 0.1) is 11.3 Å². The lowest BCUT2D eigenvalue weighted by atomic mass is 9.95. The van der Waals surface area contributed by atoms with Crippen LogP contribution < -0.4 is 10.6 Å². The van der Waals surface area contributed by atoms with Crippen LogP contribution in [-0.4, -0.2) is 18.0 Å². The lowest BCUT2D eigenvalue weighted by molar-refractivity contribution is -0.123. The van der Waals surface area contributed by atoms with E-state index in [9.17, 15) is 4.79 Å². The summed E-state index contributed by atoms with van der Waals surface area (Å²) in [6, 6.07) is 11.4. The Morgan fingerprint density at radius 2 is 2.05 bits per heavy atom. The summed E-state index contributed by atoms with van der Waals surface area (Å²) in [4.78, 5) is 14.2. The second-order valence-electron chi connectivity index (χ2n) is 4.87. The van der Waals surface area contributed by atoms with Gasteiger partial charge in [0.25, 0.3) is 0 Å². The third-order valence-electron chi connectivity index (χ3n) is 3.02. The fourth-order valence-corrected chi connectivity index (χ4v) is 2.05. The average Bonchev–Trinajstić information content (AvgIpc) is 2.40. The summed E-state index contributed by atoms with van der Waals surface area (Å²) in [7, 11) is 0. The fourth-order valence-electron chi connectivity index (χ4n) is 2.05. The average molecular weight is 259 g/mol. The van der Waals surface area contributed by atoms with E-state index >= 15 is 0 Å². The van der Waals surface area contributed by atoms with Gasteiger partial charge in [-0.25, -0.2) is 0 Å². The molecule has 0 saturated carbocycles. The minimum Gasteiger partial charge on any atom is -0.318 e. The third-order valence-corrected chi connectivity index (χ3v) is 3.02. The van der Waals surface area contributed by atoms with E-state index in [1.807, 2.05) is 37.3 Å². The van der Waals surface area contributed by atoms with Crippen molar-refractivity contribution in [1.29, 1.82) is 5.26 Å². The number of rotatable bonds is 6. The second kappa shape index (κ2) is 6.91. The second-order valence-corrected chi connectivity index (χ2v) is 4.87. The van der Waals surface area contributed by atoms with Crippen molar-refractivity contribution in [2.75, 3.05) is 11.4 Å². The van der Waals surface area contributed by atoms with Crippen molar-refractivity contribution in [2.24, 2.45) is 5.73 Å².